The van der Waals surface area contributed by atoms with Crippen LogP contribution in [0.1, 0.15) is 19.3 Å². The molecule has 2 nitrogen and oxygen atoms in total. The maximum absolute atomic E-state index is 11.6. The quantitative estimate of drug-likeness (QED) is 0.651. The summed E-state index contributed by atoms with van der Waals surface area (Å²) in [7, 11) is 0. The van der Waals surface area contributed by atoms with Gasteiger partial charge in [0.1, 0.15) is 0 Å². The van der Waals surface area contributed by atoms with E-state index < -0.39 is 18.7 Å². The number of halogens is 3. The lowest BCUT2D eigenvalue weighted by Crippen LogP contribution is -2.30. The zero-order valence-corrected chi connectivity index (χ0v) is 7.27. The van der Waals surface area contributed by atoms with Crippen molar-refractivity contribution < 1.29 is 18.3 Å². The largest absolute Gasteiger partial charge is 0.392 e. The van der Waals surface area contributed by atoms with Crippen molar-refractivity contribution in [3.8, 4) is 0 Å². The molecule has 5 heteroatoms. The summed E-state index contributed by atoms with van der Waals surface area (Å²) in [6.45, 7) is 0.175. The molecule has 1 fully saturated rings. The molecule has 1 aliphatic carbocycles. The fourth-order valence-electron chi connectivity index (χ4n) is 1.13. The SMILES string of the molecule is OC(CNCCC(F)(F)F)C1CC1. The van der Waals surface area contributed by atoms with E-state index in [0.29, 0.717) is 5.92 Å². The summed E-state index contributed by atoms with van der Waals surface area (Å²) in [6.07, 6.45) is -3.39. The summed E-state index contributed by atoms with van der Waals surface area (Å²) in [5.41, 5.74) is 0. The standard InChI is InChI=1S/C8H14F3NO/c9-8(10,11)3-4-12-5-7(13)6-1-2-6/h6-7,12-13H,1-5H2. The fraction of sp³-hybridized carbons (Fsp3) is 1.00. The maximum atomic E-state index is 11.6. The zero-order chi connectivity index (χ0) is 9.90. The lowest BCUT2D eigenvalue weighted by molar-refractivity contribution is -0.133. The molecule has 0 aliphatic heterocycles. The van der Waals surface area contributed by atoms with E-state index in [1.165, 1.54) is 0 Å². The van der Waals surface area contributed by atoms with Gasteiger partial charge in [-0.2, -0.15) is 13.2 Å². The van der Waals surface area contributed by atoms with E-state index in [2.05, 4.69) is 5.32 Å². The molecular formula is C8H14F3NO. The molecule has 0 aromatic carbocycles. The second kappa shape index (κ2) is 4.28. The molecule has 0 spiro atoms. The summed E-state index contributed by atoms with van der Waals surface area (Å²) in [5.74, 6) is 0.318. The van der Waals surface area contributed by atoms with Crippen LogP contribution in [-0.4, -0.2) is 30.5 Å². The number of aliphatic hydroxyl groups excluding tert-OH is 1. The Balaban J connectivity index is 1.94. The van der Waals surface area contributed by atoms with Crippen LogP contribution in [0.3, 0.4) is 0 Å². The molecule has 0 amide bonds. The Morgan fingerprint density at radius 1 is 1.38 bits per heavy atom. The minimum atomic E-state index is -4.10. The summed E-state index contributed by atoms with van der Waals surface area (Å²) in [5, 5.41) is 11.9. The zero-order valence-electron chi connectivity index (χ0n) is 7.27. The Morgan fingerprint density at radius 2 is 2.00 bits per heavy atom. The second-order valence-corrected chi connectivity index (χ2v) is 3.47. The van der Waals surface area contributed by atoms with Crippen LogP contribution in [0, 0.1) is 5.92 Å². The molecule has 0 saturated heterocycles. The molecule has 1 rings (SSSR count). The Kier molecular flexibility index (Phi) is 3.55. The minimum Gasteiger partial charge on any atom is -0.392 e. The van der Waals surface area contributed by atoms with Crippen molar-refractivity contribution in [1.82, 2.24) is 5.32 Å². The summed E-state index contributed by atoms with van der Waals surface area (Å²) < 4.78 is 34.9. The first kappa shape index (κ1) is 10.8. The Morgan fingerprint density at radius 3 is 2.46 bits per heavy atom. The minimum absolute atomic E-state index is 0.104. The average molecular weight is 197 g/mol. The van der Waals surface area contributed by atoms with Crippen molar-refractivity contribution in [1.29, 1.82) is 0 Å². The van der Waals surface area contributed by atoms with E-state index in [-0.39, 0.29) is 13.1 Å². The van der Waals surface area contributed by atoms with Crippen LogP contribution in [0.2, 0.25) is 0 Å². The molecule has 0 radical (unpaired) electrons. The number of nitrogens with one attached hydrogen (secondary N) is 1. The van der Waals surface area contributed by atoms with Gasteiger partial charge in [-0.1, -0.05) is 0 Å². The second-order valence-electron chi connectivity index (χ2n) is 3.47. The predicted molar refractivity (Wildman–Crippen MR) is 42.3 cm³/mol. The Labute approximate surface area is 75.1 Å². The number of rotatable bonds is 5. The van der Waals surface area contributed by atoms with Crippen LogP contribution in [0.15, 0.2) is 0 Å². The van der Waals surface area contributed by atoms with Crippen molar-refractivity contribution in [2.45, 2.75) is 31.5 Å². The first-order valence-electron chi connectivity index (χ1n) is 4.44. The van der Waals surface area contributed by atoms with Gasteiger partial charge in [0.25, 0.3) is 0 Å². The van der Waals surface area contributed by atoms with E-state index in [0.717, 1.165) is 12.8 Å². The van der Waals surface area contributed by atoms with Gasteiger partial charge in [-0.25, -0.2) is 0 Å². The highest BCUT2D eigenvalue weighted by Crippen LogP contribution is 2.32. The predicted octanol–water partition coefficient (Wildman–Crippen LogP) is 1.30. The lowest BCUT2D eigenvalue weighted by atomic mass is 10.2. The topological polar surface area (TPSA) is 32.3 Å². The molecule has 0 aromatic heterocycles. The van der Waals surface area contributed by atoms with Crippen LogP contribution in [-0.2, 0) is 0 Å². The third-order valence-electron chi connectivity index (χ3n) is 2.10. The van der Waals surface area contributed by atoms with Gasteiger partial charge < -0.3 is 10.4 Å². The van der Waals surface area contributed by atoms with Gasteiger partial charge in [-0.15, -0.1) is 0 Å². The summed E-state index contributed by atoms with van der Waals surface area (Å²) >= 11 is 0. The van der Waals surface area contributed by atoms with Gasteiger partial charge >= 0.3 is 6.18 Å². The third-order valence-corrected chi connectivity index (χ3v) is 2.10. The molecule has 78 valence electrons. The highest BCUT2D eigenvalue weighted by Gasteiger charge is 2.30. The van der Waals surface area contributed by atoms with Crippen molar-refractivity contribution in [3.05, 3.63) is 0 Å². The van der Waals surface area contributed by atoms with Gasteiger partial charge in [-0.05, 0) is 18.8 Å². The first-order valence-corrected chi connectivity index (χ1v) is 4.44. The number of alkyl halides is 3. The average Bonchev–Trinajstić information content (AvgIpc) is 2.77. The van der Waals surface area contributed by atoms with Crippen molar-refractivity contribution >= 4 is 0 Å². The van der Waals surface area contributed by atoms with E-state index in [1.807, 2.05) is 0 Å². The van der Waals surface area contributed by atoms with Gasteiger partial charge in [0.2, 0.25) is 0 Å². The van der Waals surface area contributed by atoms with Gasteiger partial charge in [-0.3, -0.25) is 0 Å². The van der Waals surface area contributed by atoms with E-state index in [1.54, 1.807) is 0 Å². The molecule has 13 heavy (non-hydrogen) atoms. The van der Waals surface area contributed by atoms with Gasteiger partial charge in [0.05, 0.1) is 12.5 Å². The van der Waals surface area contributed by atoms with Crippen molar-refractivity contribution in [3.63, 3.8) is 0 Å². The van der Waals surface area contributed by atoms with Crippen LogP contribution in [0.25, 0.3) is 0 Å². The molecule has 0 aromatic rings. The molecule has 1 unspecified atom stereocenters. The monoisotopic (exact) mass is 197 g/mol. The van der Waals surface area contributed by atoms with E-state index in [4.69, 9.17) is 0 Å². The van der Waals surface area contributed by atoms with Crippen molar-refractivity contribution in [2.24, 2.45) is 5.92 Å². The van der Waals surface area contributed by atoms with Gasteiger partial charge in [0.15, 0.2) is 0 Å². The Hall–Kier alpha value is -0.290. The van der Waals surface area contributed by atoms with E-state index in [9.17, 15) is 18.3 Å². The summed E-state index contributed by atoms with van der Waals surface area (Å²) in [6, 6.07) is 0. The molecule has 1 atom stereocenters. The number of aliphatic hydroxyl groups is 1. The van der Waals surface area contributed by atoms with Crippen LogP contribution >= 0.6 is 0 Å². The van der Waals surface area contributed by atoms with Crippen LogP contribution < -0.4 is 5.32 Å². The molecular weight excluding hydrogens is 183 g/mol. The number of hydrogen-bond acceptors (Lipinski definition) is 2. The fourth-order valence-corrected chi connectivity index (χ4v) is 1.13. The lowest BCUT2D eigenvalue weighted by Gasteiger charge is -2.11. The van der Waals surface area contributed by atoms with Crippen LogP contribution in [0.4, 0.5) is 13.2 Å². The Bertz CT molecular complexity index is 156. The highest BCUT2D eigenvalue weighted by atomic mass is 19.4. The highest BCUT2D eigenvalue weighted by molar-refractivity contribution is 4.81. The third kappa shape index (κ3) is 5.10. The molecule has 2 N–H and O–H groups in total. The molecule has 0 heterocycles. The van der Waals surface area contributed by atoms with Gasteiger partial charge in [0, 0.05) is 13.1 Å². The number of hydrogen-bond donors (Lipinski definition) is 2. The smallest absolute Gasteiger partial charge is 0.390 e. The molecule has 0 bridgehead atoms. The maximum Gasteiger partial charge on any atom is 0.390 e. The normalized spacial score (nSPS) is 20.3. The van der Waals surface area contributed by atoms with Crippen LogP contribution in [0.5, 0.6) is 0 Å². The summed E-state index contributed by atoms with van der Waals surface area (Å²) in [4.78, 5) is 0. The first-order chi connectivity index (χ1) is 5.99. The molecule has 1 saturated carbocycles. The molecule has 1 aliphatic rings. The van der Waals surface area contributed by atoms with E-state index >= 15 is 0 Å². The van der Waals surface area contributed by atoms with Crippen molar-refractivity contribution in [2.75, 3.05) is 13.1 Å².